The number of hydrogen-bond donors (Lipinski definition) is 3. The molecule has 3 aromatic rings. The quantitative estimate of drug-likeness (QED) is 0.475. The molecule has 0 bridgehead atoms. The summed E-state index contributed by atoms with van der Waals surface area (Å²) in [6.45, 7) is 0. The summed E-state index contributed by atoms with van der Waals surface area (Å²) in [5, 5.41) is 19.3. The van der Waals surface area contributed by atoms with Crippen molar-refractivity contribution in [1.29, 1.82) is 0 Å². The standard InChI is InChI=1S/C16H9Cl4FN4O2/c17-8-1-6(2-9(18)13(8)26)25(15-12(21)5-23-16(22)24-15)7-3-10(19)14(27)11(20)4-7/h1-5,26-27H,(H2,22,23,24). The molecule has 0 aliphatic rings. The number of anilines is 4. The number of phenolic OH excluding ortho intramolecular Hbond substituents is 2. The molecule has 0 spiro atoms. The molecule has 140 valence electrons. The minimum atomic E-state index is -0.815. The molecule has 0 fully saturated rings. The lowest BCUT2D eigenvalue weighted by Gasteiger charge is -2.25. The van der Waals surface area contributed by atoms with Gasteiger partial charge in [0.25, 0.3) is 0 Å². The maximum atomic E-state index is 14.5. The highest BCUT2D eigenvalue weighted by Crippen LogP contribution is 2.44. The summed E-state index contributed by atoms with van der Waals surface area (Å²) < 4.78 is 14.5. The van der Waals surface area contributed by atoms with Gasteiger partial charge in [-0.3, -0.25) is 4.90 Å². The molecule has 1 heterocycles. The Bertz CT molecular complexity index is 947. The van der Waals surface area contributed by atoms with Gasteiger partial charge in [-0.25, -0.2) is 9.37 Å². The predicted molar refractivity (Wildman–Crippen MR) is 104 cm³/mol. The normalized spacial score (nSPS) is 10.9. The van der Waals surface area contributed by atoms with Crippen molar-refractivity contribution in [2.75, 3.05) is 10.6 Å². The number of aromatic nitrogens is 2. The molecule has 0 unspecified atom stereocenters. The Morgan fingerprint density at radius 2 is 1.26 bits per heavy atom. The van der Waals surface area contributed by atoms with Crippen LogP contribution in [0.2, 0.25) is 20.1 Å². The molecule has 3 rings (SSSR count). The monoisotopic (exact) mass is 448 g/mol. The molecule has 4 N–H and O–H groups in total. The molecular weight excluding hydrogens is 441 g/mol. The largest absolute Gasteiger partial charge is 0.505 e. The molecule has 1 aromatic heterocycles. The van der Waals surface area contributed by atoms with E-state index in [2.05, 4.69) is 9.97 Å². The van der Waals surface area contributed by atoms with Crippen LogP contribution in [0, 0.1) is 5.82 Å². The van der Waals surface area contributed by atoms with Crippen molar-refractivity contribution in [2.45, 2.75) is 0 Å². The molecule has 0 amide bonds. The predicted octanol–water partition coefficient (Wildman–Crippen LogP) is 5.69. The van der Waals surface area contributed by atoms with Crippen LogP contribution in [0.15, 0.2) is 30.5 Å². The molecule has 0 aliphatic carbocycles. The molecule has 0 atom stereocenters. The summed E-state index contributed by atoms with van der Waals surface area (Å²) in [4.78, 5) is 8.75. The number of hydrogen-bond acceptors (Lipinski definition) is 6. The van der Waals surface area contributed by atoms with Gasteiger partial charge < -0.3 is 15.9 Å². The summed E-state index contributed by atoms with van der Waals surface area (Å²) in [6, 6.07) is 5.31. The van der Waals surface area contributed by atoms with Crippen LogP contribution in [0.1, 0.15) is 0 Å². The highest BCUT2D eigenvalue weighted by Gasteiger charge is 2.23. The summed E-state index contributed by atoms with van der Waals surface area (Å²) in [5.41, 5.74) is 6.03. The minimum Gasteiger partial charge on any atom is -0.505 e. The Morgan fingerprint density at radius 3 is 1.67 bits per heavy atom. The third kappa shape index (κ3) is 3.77. The number of nitrogens with two attached hydrogens (primary N) is 1. The highest BCUT2D eigenvalue weighted by atomic mass is 35.5. The molecule has 0 aliphatic heterocycles. The number of phenols is 2. The van der Waals surface area contributed by atoms with Crippen molar-refractivity contribution in [3.63, 3.8) is 0 Å². The average Bonchev–Trinajstić information content (AvgIpc) is 2.60. The Hall–Kier alpha value is -2.19. The van der Waals surface area contributed by atoms with Crippen LogP contribution in [0.5, 0.6) is 11.5 Å². The maximum absolute atomic E-state index is 14.5. The molecule has 0 radical (unpaired) electrons. The summed E-state index contributed by atoms with van der Waals surface area (Å²) in [5.74, 6) is -1.94. The highest BCUT2D eigenvalue weighted by molar-refractivity contribution is 6.38. The van der Waals surface area contributed by atoms with Gasteiger partial charge in [0.15, 0.2) is 23.1 Å². The van der Waals surface area contributed by atoms with Crippen LogP contribution < -0.4 is 10.6 Å². The Labute approximate surface area is 172 Å². The molecule has 6 nitrogen and oxygen atoms in total. The fourth-order valence-corrected chi connectivity index (χ4v) is 3.24. The Balaban J connectivity index is 2.32. The Morgan fingerprint density at radius 1 is 0.852 bits per heavy atom. The van der Waals surface area contributed by atoms with E-state index in [9.17, 15) is 14.6 Å². The zero-order valence-corrected chi connectivity index (χ0v) is 16.1. The van der Waals surface area contributed by atoms with Crippen molar-refractivity contribution in [1.82, 2.24) is 9.97 Å². The lowest BCUT2D eigenvalue weighted by molar-refractivity contribution is 0.475. The lowest BCUT2D eigenvalue weighted by atomic mass is 10.2. The van der Waals surface area contributed by atoms with Crippen LogP contribution in [-0.2, 0) is 0 Å². The first-order valence-electron chi connectivity index (χ1n) is 7.13. The molecular formula is C16H9Cl4FN4O2. The molecule has 0 saturated carbocycles. The number of benzene rings is 2. The van der Waals surface area contributed by atoms with Gasteiger partial charge in [0.1, 0.15) is 0 Å². The van der Waals surface area contributed by atoms with Gasteiger partial charge in [-0.15, -0.1) is 0 Å². The number of nitrogen functional groups attached to an aromatic ring is 1. The van der Waals surface area contributed by atoms with Crippen molar-refractivity contribution in [2.24, 2.45) is 0 Å². The van der Waals surface area contributed by atoms with E-state index in [0.29, 0.717) is 0 Å². The van der Waals surface area contributed by atoms with Gasteiger partial charge in [0, 0.05) is 0 Å². The van der Waals surface area contributed by atoms with E-state index in [-0.39, 0.29) is 54.7 Å². The van der Waals surface area contributed by atoms with Gasteiger partial charge in [-0.05, 0) is 24.3 Å². The van der Waals surface area contributed by atoms with Gasteiger partial charge in [-0.2, -0.15) is 4.98 Å². The van der Waals surface area contributed by atoms with Crippen molar-refractivity contribution >= 4 is 69.5 Å². The fraction of sp³-hybridized carbons (Fsp3) is 0. The van der Waals surface area contributed by atoms with Gasteiger partial charge >= 0.3 is 0 Å². The van der Waals surface area contributed by atoms with E-state index in [1.165, 1.54) is 29.2 Å². The topological polar surface area (TPSA) is 95.5 Å². The van der Waals surface area contributed by atoms with Crippen LogP contribution in [0.4, 0.5) is 27.5 Å². The van der Waals surface area contributed by atoms with Crippen molar-refractivity contribution < 1.29 is 14.6 Å². The number of rotatable bonds is 3. The minimum absolute atomic E-state index is 0.0825. The van der Waals surface area contributed by atoms with Gasteiger partial charge in [0.05, 0.1) is 37.7 Å². The van der Waals surface area contributed by atoms with E-state index in [0.717, 1.165) is 6.20 Å². The van der Waals surface area contributed by atoms with Crippen molar-refractivity contribution in [3.05, 3.63) is 56.4 Å². The van der Waals surface area contributed by atoms with E-state index in [1.807, 2.05) is 0 Å². The second-order valence-corrected chi connectivity index (χ2v) is 6.88. The SMILES string of the molecule is Nc1ncc(F)c(N(c2cc(Cl)c(O)c(Cl)c2)c2cc(Cl)c(O)c(Cl)c2)n1. The fourth-order valence-electron chi connectivity index (χ4n) is 2.28. The summed E-state index contributed by atoms with van der Waals surface area (Å²) >= 11 is 24.0. The van der Waals surface area contributed by atoms with Gasteiger partial charge in [0.2, 0.25) is 5.95 Å². The maximum Gasteiger partial charge on any atom is 0.222 e. The first-order valence-corrected chi connectivity index (χ1v) is 8.64. The first-order chi connectivity index (χ1) is 12.7. The van der Waals surface area contributed by atoms with Crippen LogP contribution in [0.25, 0.3) is 0 Å². The smallest absolute Gasteiger partial charge is 0.222 e. The van der Waals surface area contributed by atoms with Crippen LogP contribution in [-0.4, -0.2) is 20.2 Å². The zero-order valence-electron chi connectivity index (χ0n) is 13.1. The second kappa shape index (κ2) is 7.44. The van der Waals surface area contributed by atoms with E-state index < -0.39 is 5.82 Å². The Kier molecular flexibility index (Phi) is 5.39. The molecule has 2 aromatic carbocycles. The summed E-state index contributed by atoms with van der Waals surface area (Å²) in [7, 11) is 0. The van der Waals surface area contributed by atoms with Crippen LogP contribution >= 0.6 is 46.4 Å². The van der Waals surface area contributed by atoms with E-state index in [4.69, 9.17) is 52.1 Å². The molecule has 27 heavy (non-hydrogen) atoms. The third-order valence-corrected chi connectivity index (χ3v) is 4.63. The first kappa shape index (κ1) is 19.6. The van der Waals surface area contributed by atoms with E-state index in [1.54, 1.807) is 0 Å². The number of nitrogens with zero attached hydrogens (tertiary/aromatic N) is 3. The third-order valence-electron chi connectivity index (χ3n) is 3.48. The summed E-state index contributed by atoms with van der Waals surface area (Å²) in [6.07, 6.45) is 0.887. The van der Waals surface area contributed by atoms with Crippen LogP contribution in [0.3, 0.4) is 0 Å². The molecule has 0 saturated heterocycles. The average molecular weight is 450 g/mol. The number of halogens is 5. The second-order valence-electron chi connectivity index (χ2n) is 5.25. The van der Waals surface area contributed by atoms with Gasteiger partial charge in [-0.1, -0.05) is 46.4 Å². The number of aromatic hydroxyl groups is 2. The zero-order chi connectivity index (χ0) is 19.9. The van der Waals surface area contributed by atoms with Crippen molar-refractivity contribution in [3.8, 4) is 11.5 Å². The molecule has 11 heteroatoms. The lowest BCUT2D eigenvalue weighted by Crippen LogP contribution is -2.15. The van der Waals surface area contributed by atoms with E-state index >= 15 is 0 Å².